The Hall–Kier alpha value is -0.450. The fourth-order valence-electron chi connectivity index (χ4n) is 3.21. The lowest BCUT2D eigenvalue weighted by molar-refractivity contribution is 0.195. The molecule has 0 aromatic carbocycles. The maximum absolute atomic E-state index is 4.27. The Balaban J connectivity index is 1.69. The highest BCUT2D eigenvalue weighted by atomic mass is 79.9. The van der Waals surface area contributed by atoms with Gasteiger partial charge >= 0.3 is 0 Å². The SMILES string of the molecule is CC1(C2CC2)CN(Cc2cncc(Br)c2)CCCN1. The number of aromatic nitrogens is 1. The van der Waals surface area contributed by atoms with E-state index in [4.69, 9.17) is 0 Å². The highest BCUT2D eigenvalue weighted by Crippen LogP contribution is 2.40. The highest BCUT2D eigenvalue weighted by molar-refractivity contribution is 9.10. The molecule has 1 saturated heterocycles. The third kappa shape index (κ3) is 3.36. The summed E-state index contributed by atoms with van der Waals surface area (Å²) in [5.41, 5.74) is 1.62. The zero-order valence-electron chi connectivity index (χ0n) is 11.5. The quantitative estimate of drug-likeness (QED) is 0.927. The summed E-state index contributed by atoms with van der Waals surface area (Å²) >= 11 is 3.50. The predicted octanol–water partition coefficient (Wildman–Crippen LogP) is 2.81. The second-order valence-corrected chi connectivity index (χ2v) is 7.11. The van der Waals surface area contributed by atoms with Crippen LogP contribution in [0.5, 0.6) is 0 Å². The van der Waals surface area contributed by atoms with Gasteiger partial charge in [0.25, 0.3) is 0 Å². The molecule has 1 aromatic heterocycles. The van der Waals surface area contributed by atoms with Gasteiger partial charge < -0.3 is 5.32 Å². The maximum atomic E-state index is 4.27. The number of rotatable bonds is 3. The number of nitrogens with zero attached hydrogens (tertiary/aromatic N) is 2. The van der Waals surface area contributed by atoms with Crippen molar-refractivity contribution in [3.63, 3.8) is 0 Å². The summed E-state index contributed by atoms with van der Waals surface area (Å²) in [7, 11) is 0. The summed E-state index contributed by atoms with van der Waals surface area (Å²) in [5, 5.41) is 3.78. The Kier molecular flexibility index (Phi) is 3.92. The van der Waals surface area contributed by atoms with Gasteiger partial charge in [-0.15, -0.1) is 0 Å². The second kappa shape index (κ2) is 5.51. The van der Waals surface area contributed by atoms with Crippen LogP contribution in [0, 0.1) is 5.92 Å². The largest absolute Gasteiger partial charge is 0.310 e. The van der Waals surface area contributed by atoms with Crippen LogP contribution >= 0.6 is 15.9 Å². The van der Waals surface area contributed by atoms with E-state index in [1.807, 2.05) is 12.4 Å². The van der Waals surface area contributed by atoms with Gasteiger partial charge in [0.1, 0.15) is 0 Å². The van der Waals surface area contributed by atoms with E-state index < -0.39 is 0 Å². The summed E-state index contributed by atoms with van der Waals surface area (Å²) in [4.78, 5) is 6.85. The van der Waals surface area contributed by atoms with Gasteiger partial charge in [-0.05, 0) is 72.8 Å². The molecule has 1 N–H and O–H groups in total. The highest BCUT2D eigenvalue weighted by Gasteiger charge is 2.42. The molecule has 0 amide bonds. The summed E-state index contributed by atoms with van der Waals surface area (Å²) in [5.74, 6) is 0.883. The summed E-state index contributed by atoms with van der Waals surface area (Å²) in [6, 6.07) is 2.18. The Bertz CT molecular complexity index is 447. The van der Waals surface area contributed by atoms with Crippen LogP contribution in [-0.2, 0) is 6.54 Å². The average molecular weight is 324 g/mol. The number of hydrogen-bond donors (Lipinski definition) is 1. The van der Waals surface area contributed by atoms with Crippen molar-refractivity contribution in [1.29, 1.82) is 0 Å². The molecule has 4 heteroatoms. The zero-order chi connectivity index (χ0) is 13.3. The van der Waals surface area contributed by atoms with Crippen molar-refractivity contribution in [2.45, 2.75) is 38.3 Å². The molecule has 1 aliphatic heterocycles. The molecule has 1 aromatic rings. The molecule has 2 heterocycles. The van der Waals surface area contributed by atoms with Crippen molar-refractivity contribution in [1.82, 2.24) is 15.2 Å². The molecule has 0 spiro atoms. The normalized spacial score (nSPS) is 29.2. The van der Waals surface area contributed by atoms with Gasteiger partial charge in [0.05, 0.1) is 0 Å². The topological polar surface area (TPSA) is 28.2 Å². The van der Waals surface area contributed by atoms with Crippen LogP contribution in [0.25, 0.3) is 0 Å². The van der Waals surface area contributed by atoms with E-state index in [9.17, 15) is 0 Å². The molecule has 0 bridgehead atoms. The van der Waals surface area contributed by atoms with Crippen molar-refractivity contribution < 1.29 is 0 Å². The predicted molar refractivity (Wildman–Crippen MR) is 81.0 cm³/mol. The smallest absolute Gasteiger partial charge is 0.0410 e. The third-order valence-electron chi connectivity index (χ3n) is 4.38. The van der Waals surface area contributed by atoms with Crippen LogP contribution in [0.4, 0.5) is 0 Å². The van der Waals surface area contributed by atoms with Crippen LogP contribution in [0.1, 0.15) is 31.7 Å². The van der Waals surface area contributed by atoms with E-state index in [-0.39, 0.29) is 0 Å². The van der Waals surface area contributed by atoms with Crippen LogP contribution in [0.15, 0.2) is 22.9 Å². The average Bonchev–Trinajstić information content (AvgIpc) is 3.17. The number of halogens is 1. The van der Waals surface area contributed by atoms with Crippen molar-refractivity contribution >= 4 is 15.9 Å². The lowest BCUT2D eigenvalue weighted by Crippen LogP contribution is -2.50. The lowest BCUT2D eigenvalue weighted by atomic mass is 9.95. The Morgan fingerprint density at radius 3 is 3.05 bits per heavy atom. The minimum Gasteiger partial charge on any atom is -0.310 e. The first-order valence-electron chi connectivity index (χ1n) is 7.22. The van der Waals surface area contributed by atoms with Crippen LogP contribution in [-0.4, -0.2) is 35.1 Å². The molecule has 104 valence electrons. The number of pyridine rings is 1. The molecular formula is C15H22BrN3. The van der Waals surface area contributed by atoms with E-state index >= 15 is 0 Å². The Labute approximate surface area is 123 Å². The first-order chi connectivity index (χ1) is 9.16. The monoisotopic (exact) mass is 323 g/mol. The van der Waals surface area contributed by atoms with Gasteiger partial charge in [0.2, 0.25) is 0 Å². The van der Waals surface area contributed by atoms with Crippen LogP contribution < -0.4 is 5.32 Å². The number of hydrogen-bond acceptors (Lipinski definition) is 3. The molecule has 1 atom stereocenters. The molecular weight excluding hydrogens is 302 g/mol. The molecule has 3 nitrogen and oxygen atoms in total. The Morgan fingerprint density at radius 1 is 1.47 bits per heavy atom. The summed E-state index contributed by atoms with van der Waals surface area (Å²) in [6.45, 7) is 6.91. The minimum atomic E-state index is 0.315. The van der Waals surface area contributed by atoms with Gasteiger partial charge in [-0.2, -0.15) is 0 Å². The second-order valence-electron chi connectivity index (χ2n) is 6.19. The van der Waals surface area contributed by atoms with E-state index in [0.717, 1.165) is 30.0 Å². The molecule has 2 fully saturated rings. The molecule has 1 saturated carbocycles. The van der Waals surface area contributed by atoms with Crippen molar-refractivity contribution in [3.8, 4) is 0 Å². The fourth-order valence-corrected chi connectivity index (χ4v) is 3.62. The number of nitrogens with one attached hydrogen (secondary N) is 1. The van der Waals surface area contributed by atoms with Crippen molar-refractivity contribution in [3.05, 3.63) is 28.5 Å². The van der Waals surface area contributed by atoms with Gasteiger partial charge in [-0.1, -0.05) is 0 Å². The zero-order valence-corrected chi connectivity index (χ0v) is 13.1. The summed E-state index contributed by atoms with van der Waals surface area (Å²) in [6.07, 6.45) is 7.87. The lowest BCUT2D eigenvalue weighted by Gasteiger charge is -2.34. The van der Waals surface area contributed by atoms with Crippen molar-refractivity contribution in [2.24, 2.45) is 5.92 Å². The first kappa shape index (κ1) is 13.5. The Morgan fingerprint density at radius 2 is 2.32 bits per heavy atom. The van der Waals surface area contributed by atoms with Crippen LogP contribution in [0.2, 0.25) is 0 Å². The maximum Gasteiger partial charge on any atom is 0.0410 e. The van der Waals surface area contributed by atoms with E-state index in [1.165, 1.54) is 31.4 Å². The first-order valence-corrected chi connectivity index (χ1v) is 8.02. The van der Waals surface area contributed by atoms with Crippen molar-refractivity contribution in [2.75, 3.05) is 19.6 Å². The van der Waals surface area contributed by atoms with Gasteiger partial charge in [0.15, 0.2) is 0 Å². The third-order valence-corrected chi connectivity index (χ3v) is 4.81. The van der Waals surface area contributed by atoms with E-state index in [0.29, 0.717) is 5.54 Å². The molecule has 19 heavy (non-hydrogen) atoms. The van der Waals surface area contributed by atoms with Gasteiger partial charge in [-0.3, -0.25) is 9.88 Å². The summed E-state index contributed by atoms with van der Waals surface area (Å²) < 4.78 is 1.07. The molecule has 1 unspecified atom stereocenters. The fraction of sp³-hybridized carbons (Fsp3) is 0.667. The molecule has 2 aliphatic rings. The van der Waals surface area contributed by atoms with E-state index in [1.54, 1.807) is 0 Å². The molecule has 3 rings (SSSR count). The van der Waals surface area contributed by atoms with Crippen LogP contribution in [0.3, 0.4) is 0 Å². The standard InChI is InChI=1S/C15H22BrN3/c1-15(13-3-4-13)11-19(6-2-5-18-15)10-12-7-14(16)9-17-8-12/h7-9,13,18H,2-6,10-11H2,1H3. The minimum absolute atomic E-state index is 0.315. The molecule has 0 radical (unpaired) electrons. The molecule has 1 aliphatic carbocycles. The van der Waals surface area contributed by atoms with Gasteiger partial charge in [0, 0.05) is 35.5 Å². The van der Waals surface area contributed by atoms with E-state index in [2.05, 4.69) is 44.1 Å². The van der Waals surface area contributed by atoms with Gasteiger partial charge in [-0.25, -0.2) is 0 Å².